The Balaban J connectivity index is 2.18. The Bertz CT molecular complexity index is 547. The number of carbonyl (C=O) groups is 2. The number of carbonyl (C=O) groups excluding carboxylic acids is 2. The largest absolute Gasteiger partial charge is 0.487 e. The lowest BCUT2D eigenvalue weighted by molar-refractivity contribution is -0.116. The van der Waals surface area contributed by atoms with E-state index in [1.165, 1.54) is 0 Å². The molecule has 0 fully saturated rings. The van der Waals surface area contributed by atoms with Crippen LogP contribution in [0.3, 0.4) is 0 Å². The summed E-state index contributed by atoms with van der Waals surface area (Å²) in [4.78, 5) is 23.9. The number of nitrogens with one attached hydrogen (secondary N) is 1. The number of rotatable bonds is 3. The van der Waals surface area contributed by atoms with Crippen molar-refractivity contribution in [2.45, 2.75) is 46.1 Å². The van der Waals surface area contributed by atoms with E-state index in [0.29, 0.717) is 35.8 Å². The van der Waals surface area contributed by atoms with Gasteiger partial charge in [0.05, 0.1) is 12.0 Å². The fourth-order valence-corrected chi connectivity index (χ4v) is 2.31. The number of fused-ring (bicyclic) bond motifs is 1. The molecule has 0 bridgehead atoms. The first kappa shape index (κ1) is 14.6. The molecule has 4 heteroatoms. The van der Waals surface area contributed by atoms with Crippen LogP contribution in [-0.4, -0.2) is 17.3 Å². The van der Waals surface area contributed by atoms with Gasteiger partial charge in [-0.3, -0.25) is 9.59 Å². The Kier molecular flexibility index (Phi) is 3.84. The fourth-order valence-electron chi connectivity index (χ4n) is 2.31. The van der Waals surface area contributed by atoms with Crippen LogP contribution in [0.15, 0.2) is 18.2 Å². The third-order valence-electron chi connectivity index (χ3n) is 3.13. The van der Waals surface area contributed by atoms with Gasteiger partial charge in [0.25, 0.3) is 0 Å². The van der Waals surface area contributed by atoms with Gasteiger partial charge in [-0.1, -0.05) is 13.8 Å². The lowest BCUT2D eigenvalue weighted by atomic mass is 9.93. The molecule has 0 saturated heterocycles. The van der Waals surface area contributed by atoms with Crippen molar-refractivity contribution in [3.05, 3.63) is 23.8 Å². The molecule has 1 aliphatic heterocycles. The summed E-state index contributed by atoms with van der Waals surface area (Å²) in [6, 6.07) is 5.22. The van der Waals surface area contributed by atoms with Crippen LogP contribution in [0, 0.1) is 5.92 Å². The summed E-state index contributed by atoms with van der Waals surface area (Å²) < 4.78 is 5.78. The van der Waals surface area contributed by atoms with Gasteiger partial charge in [0, 0.05) is 12.1 Å². The number of ether oxygens (including phenoxy) is 1. The standard InChI is InChI=1S/C16H21NO3/c1-10(2)7-15(19)17-11-5-6-14-12(8-11)13(18)9-16(3,4)20-14/h5-6,8,10H,7,9H2,1-4H3,(H,17,19). The van der Waals surface area contributed by atoms with E-state index in [-0.39, 0.29) is 11.7 Å². The van der Waals surface area contributed by atoms with E-state index in [2.05, 4.69) is 5.32 Å². The minimum absolute atomic E-state index is 0.0375. The maximum absolute atomic E-state index is 12.1. The van der Waals surface area contributed by atoms with Crippen LogP contribution in [-0.2, 0) is 4.79 Å². The molecule has 0 radical (unpaired) electrons. The first-order valence-electron chi connectivity index (χ1n) is 6.93. The zero-order valence-electron chi connectivity index (χ0n) is 12.4. The van der Waals surface area contributed by atoms with Crippen LogP contribution in [0.25, 0.3) is 0 Å². The van der Waals surface area contributed by atoms with Crippen molar-refractivity contribution in [2.24, 2.45) is 5.92 Å². The fraction of sp³-hybridized carbons (Fsp3) is 0.500. The molecule has 0 atom stereocenters. The lowest BCUT2D eigenvalue weighted by Gasteiger charge is -2.31. The summed E-state index contributed by atoms with van der Waals surface area (Å²) in [7, 11) is 0. The van der Waals surface area contributed by atoms with Crippen LogP contribution in [0.4, 0.5) is 5.69 Å². The molecule has 4 nitrogen and oxygen atoms in total. The third kappa shape index (κ3) is 3.38. The molecule has 108 valence electrons. The van der Waals surface area contributed by atoms with Gasteiger partial charge in [-0.15, -0.1) is 0 Å². The second-order valence-electron chi connectivity index (χ2n) is 6.32. The molecule has 1 heterocycles. The predicted octanol–water partition coefficient (Wildman–Crippen LogP) is 3.42. The van der Waals surface area contributed by atoms with Gasteiger partial charge in [-0.25, -0.2) is 0 Å². The van der Waals surface area contributed by atoms with Crippen molar-refractivity contribution in [1.29, 1.82) is 0 Å². The van der Waals surface area contributed by atoms with Crippen LogP contribution in [0.1, 0.15) is 50.9 Å². The van der Waals surface area contributed by atoms with Gasteiger partial charge in [-0.05, 0) is 38.0 Å². The highest BCUT2D eigenvalue weighted by atomic mass is 16.5. The summed E-state index contributed by atoms with van der Waals surface area (Å²) in [5, 5.41) is 2.82. The van der Waals surface area contributed by atoms with Crippen molar-refractivity contribution in [2.75, 3.05) is 5.32 Å². The zero-order valence-corrected chi connectivity index (χ0v) is 12.4. The molecular weight excluding hydrogens is 254 g/mol. The van der Waals surface area contributed by atoms with Crippen molar-refractivity contribution in [3.63, 3.8) is 0 Å². The van der Waals surface area contributed by atoms with E-state index in [1.54, 1.807) is 18.2 Å². The van der Waals surface area contributed by atoms with Crippen molar-refractivity contribution >= 4 is 17.4 Å². The summed E-state index contributed by atoms with van der Waals surface area (Å²) >= 11 is 0. The molecule has 1 amide bonds. The van der Waals surface area contributed by atoms with Crippen LogP contribution in [0.5, 0.6) is 5.75 Å². The molecule has 0 spiro atoms. The topological polar surface area (TPSA) is 55.4 Å². The Labute approximate surface area is 119 Å². The summed E-state index contributed by atoms with van der Waals surface area (Å²) in [5.41, 5.74) is 0.727. The van der Waals surface area contributed by atoms with Crippen LogP contribution >= 0.6 is 0 Å². The van der Waals surface area contributed by atoms with Crippen molar-refractivity contribution in [1.82, 2.24) is 0 Å². The van der Waals surface area contributed by atoms with Gasteiger partial charge in [0.1, 0.15) is 11.4 Å². The van der Waals surface area contributed by atoms with Gasteiger partial charge < -0.3 is 10.1 Å². The highest BCUT2D eigenvalue weighted by Gasteiger charge is 2.32. The van der Waals surface area contributed by atoms with E-state index < -0.39 is 5.60 Å². The monoisotopic (exact) mass is 275 g/mol. The summed E-state index contributed by atoms with van der Waals surface area (Å²) in [5.74, 6) is 0.909. The van der Waals surface area contributed by atoms with Gasteiger partial charge >= 0.3 is 0 Å². The van der Waals surface area contributed by atoms with E-state index in [4.69, 9.17) is 4.74 Å². The molecule has 2 rings (SSSR count). The summed E-state index contributed by atoms with van der Waals surface area (Å²) in [6.45, 7) is 7.77. The Hall–Kier alpha value is -1.84. The van der Waals surface area contributed by atoms with E-state index in [0.717, 1.165) is 0 Å². The molecule has 1 aromatic rings. The predicted molar refractivity (Wildman–Crippen MR) is 78.2 cm³/mol. The third-order valence-corrected chi connectivity index (χ3v) is 3.13. The molecule has 1 aromatic carbocycles. The smallest absolute Gasteiger partial charge is 0.224 e. The van der Waals surface area contributed by atoms with E-state index in [1.807, 2.05) is 27.7 Å². The highest BCUT2D eigenvalue weighted by Crippen LogP contribution is 2.34. The number of ketones is 1. The highest BCUT2D eigenvalue weighted by molar-refractivity contribution is 6.02. The molecule has 0 saturated carbocycles. The van der Waals surface area contributed by atoms with Crippen LogP contribution in [0.2, 0.25) is 0 Å². The van der Waals surface area contributed by atoms with E-state index >= 15 is 0 Å². The average molecular weight is 275 g/mol. The quantitative estimate of drug-likeness (QED) is 0.919. The minimum atomic E-state index is -0.466. The molecule has 1 N–H and O–H groups in total. The number of benzene rings is 1. The molecule has 0 aromatic heterocycles. The number of hydrogen-bond acceptors (Lipinski definition) is 3. The SMILES string of the molecule is CC(C)CC(=O)Nc1ccc2c(c1)C(=O)CC(C)(C)O2. The molecular formula is C16H21NO3. The number of anilines is 1. The number of hydrogen-bond donors (Lipinski definition) is 1. The van der Waals surface area contributed by atoms with Gasteiger partial charge in [0.2, 0.25) is 5.91 Å². The summed E-state index contributed by atoms with van der Waals surface area (Å²) in [6.07, 6.45) is 0.817. The maximum Gasteiger partial charge on any atom is 0.224 e. The normalized spacial score (nSPS) is 16.6. The lowest BCUT2D eigenvalue weighted by Crippen LogP contribution is -2.35. The number of amides is 1. The van der Waals surface area contributed by atoms with Gasteiger partial charge in [0.15, 0.2) is 5.78 Å². The van der Waals surface area contributed by atoms with Gasteiger partial charge in [-0.2, -0.15) is 0 Å². The first-order valence-corrected chi connectivity index (χ1v) is 6.93. The Morgan fingerprint density at radius 3 is 2.75 bits per heavy atom. The van der Waals surface area contributed by atoms with Crippen molar-refractivity contribution in [3.8, 4) is 5.75 Å². The maximum atomic E-state index is 12.1. The van der Waals surface area contributed by atoms with Crippen molar-refractivity contribution < 1.29 is 14.3 Å². The Morgan fingerprint density at radius 1 is 1.40 bits per heavy atom. The number of Topliss-reactive ketones (excluding diaryl/α,β-unsaturated/α-hetero) is 1. The Morgan fingerprint density at radius 2 is 2.10 bits per heavy atom. The van der Waals surface area contributed by atoms with Crippen LogP contribution < -0.4 is 10.1 Å². The average Bonchev–Trinajstić information content (AvgIpc) is 2.27. The first-order chi connectivity index (χ1) is 9.27. The molecule has 20 heavy (non-hydrogen) atoms. The second-order valence-corrected chi connectivity index (χ2v) is 6.32. The minimum Gasteiger partial charge on any atom is -0.487 e. The second kappa shape index (κ2) is 5.27. The zero-order chi connectivity index (χ0) is 14.9. The van der Waals surface area contributed by atoms with E-state index in [9.17, 15) is 9.59 Å². The molecule has 0 unspecified atom stereocenters. The molecule has 1 aliphatic rings. The molecule has 0 aliphatic carbocycles.